The van der Waals surface area contributed by atoms with Crippen molar-refractivity contribution < 1.29 is 9.53 Å². The van der Waals surface area contributed by atoms with Crippen molar-refractivity contribution in [2.24, 2.45) is 4.99 Å². The van der Waals surface area contributed by atoms with Gasteiger partial charge in [-0.05, 0) is 25.5 Å². The van der Waals surface area contributed by atoms with Crippen LogP contribution in [0.4, 0.5) is 0 Å². The molecule has 1 amide bonds. The van der Waals surface area contributed by atoms with E-state index in [4.69, 9.17) is 4.74 Å². The van der Waals surface area contributed by atoms with E-state index >= 15 is 0 Å². The predicted octanol–water partition coefficient (Wildman–Crippen LogP) is 2.45. The van der Waals surface area contributed by atoms with E-state index in [0.717, 1.165) is 38.5 Å². The minimum atomic E-state index is -0.0194. The number of amides is 1. The van der Waals surface area contributed by atoms with Gasteiger partial charge in [-0.1, -0.05) is 18.2 Å². The summed E-state index contributed by atoms with van der Waals surface area (Å²) in [6.45, 7) is 5.10. The van der Waals surface area contributed by atoms with Crippen LogP contribution in [0.25, 0.3) is 0 Å². The molecule has 0 fully saturated rings. The number of hydrogen-bond donors (Lipinski definition) is 2. The van der Waals surface area contributed by atoms with Gasteiger partial charge in [0.15, 0.2) is 5.96 Å². The van der Waals surface area contributed by atoms with E-state index in [9.17, 15) is 4.79 Å². The highest BCUT2D eigenvalue weighted by Gasteiger charge is 2.04. The van der Waals surface area contributed by atoms with Crippen molar-refractivity contribution in [2.75, 3.05) is 52.7 Å². The van der Waals surface area contributed by atoms with Crippen LogP contribution in [0, 0.1) is 0 Å². The van der Waals surface area contributed by atoms with Crippen molar-refractivity contribution in [2.45, 2.75) is 18.2 Å². The summed E-state index contributed by atoms with van der Waals surface area (Å²) >= 11 is 1.79. The summed E-state index contributed by atoms with van der Waals surface area (Å²) in [4.78, 5) is 18.9. The molecule has 6 nitrogen and oxygen atoms in total. The number of nitrogens with one attached hydrogen (secondary N) is 2. The highest BCUT2D eigenvalue weighted by molar-refractivity contribution is 14.0. The molecule has 0 spiro atoms. The molecular weight excluding hydrogens is 463 g/mol. The number of hydrogen-bond acceptors (Lipinski definition) is 4. The number of carbonyl (C=O) groups is 1. The van der Waals surface area contributed by atoms with Gasteiger partial charge < -0.3 is 20.3 Å². The molecule has 0 saturated heterocycles. The van der Waals surface area contributed by atoms with E-state index in [1.165, 1.54) is 4.90 Å². The van der Waals surface area contributed by atoms with E-state index in [2.05, 4.69) is 27.8 Å². The Morgan fingerprint density at radius 3 is 2.54 bits per heavy atom. The summed E-state index contributed by atoms with van der Waals surface area (Å²) in [7, 11) is 3.47. The largest absolute Gasteiger partial charge is 0.382 e. The maximum absolute atomic E-state index is 11.7. The fourth-order valence-corrected chi connectivity index (χ4v) is 2.63. The van der Waals surface area contributed by atoms with Gasteiger partial charge in [0.2, 0.25) is 5.91 Å². The molecule has 1 aromatic carbocycles. The number of guanidine groups is 1. The van der Waals surface area contributed by atoms with Gasteiger partial charge in [0.1, 0.15) is 6.54 Å². The second kappa shape index (κ2) is 16.2. The number of nitrogens with zero attached hydrogens (tertiary/aromatic N) is 2. The molecule has 0 bridgehead atoms. The first kappa shape index (κ1) is 25.0. The van der Waals surface area contributed by atoms with Gasteiger partial charge in [-0.2, -0.15) is 0 Å². The van der Waals surface area contributed by atoms with Gasteiger partial charge in [0.25, 0.3) is 0 Å². The molecule has 26 heavy (non-hydrogen) atoms. The zero-order valence-electron chi connectivity index (χ0n) is 15.9. The smallest absolute Gasteiger partial charge is 0.243 e. The zero-order valence-corrected chi connectivity index (χ0v) is 19.0. The second-order valence-corrected chi connectivity index (χ2v) is 6.69. The molecule has 0 unspecified atom stereocenters. The van der Waals surface area contributed by atoms with Crippen molar-refractivity contribution in [3.8, 4) is 0 Å². The fraction of sp³-hybridized carbons (Fsp3) is 0.556. The highest BCUT2D eigenvalue weighted by Crippen LogP contribution is 2.15. The molecule has 8 heteroatoms. The molecule has 1 aromatic rings. The molecule has 0 saturated carbocycles. The van der Waals surface area contributed by atoms with Crippen molar-refractivity contribution >= 4 is 47.6 Å². The van der Waals surface area contributed by atoms with E-state index in [1.807, 2.05) is 25.1 Å². The lowest BCUT2D eigenvalue weighted by atomic mass is 10.4. The van der Waals surface area contributed by atoms with Gasteiger partial charge in [0.05, 0.1) is 0 Å². The molecule has 1 rings (SSSR count). The lowest BCUT2D eigenvalue weighted by Gasteiger charge is -2.13. The van der Waals surface area contributed by atoms with Crippen LogP contribution in [-0.4, -0.2) is 69.5 Å². The number of halogens is 1. The Bertz CT molecular complexity index is 515. The molecule has 0 heterocycles. The maximum Gasteiger partial charge on any atom is 0.243 e. The van der Waals surface area contributed by atoms with Gasteiger partial charge in [0, 0.05) is 51.0 Å². The van der Waals surface area contributed by atoms with Crippen LogP contribution in [0.2, 0.25) is 0 Å². The Balaban J connectivity index is 0.00000625. The Morgan fingerprint density at radius 1 is 1.19 bits per heavy atom. The SMILES string of the molecule is CCOCCCNC(=NCC(=O)N(C)C)NCCSc1ccccc1.I. The summed E-state index contributed by atoms with van der Waals surface area (Å²) in [5, 5.41) is 6.53. The molecule has 2 N–H and O–H groups in total. The number of ether oxygens (including phenoxy) is 1. The summed E-state index contributed by atoms with van der Waals surface area (Å²) in [6.07, 6.45) is 0.898. The first-order chi connectivity index (χ1) is 12.1. The quantitative estimate of drug-likeness (QED) is 0.163. The van der Waals surface area contributed by atoms with E-state index in [-0.39, 0.29) is 36.4 Å². The fourth-order valence-electron chi connectivity index (χ4n) is 1.84. The Kier molecular flexibility index (Phi) is 15.6. The number of carbonyl (C=O) groups excluding carboxylic acids is 1. The third kappa shape index (κ3) is 12.4. The molecule has 0 atom stereocenters. The highest BCUT2D eigenvalue weighted by atomic mass is 127. The van der Waals surface area contributed by atoms with E-state index in [0.29, 0.717) is 5.96 Å². The Hall–Kier alpha value is -1.000. The topological polar surface area (TPSA) is 66.0 Å². The molecule has 148 valence electrons. The van der Waals surface area contributed by atoms with Gasteiger partial charge in [-0.15, -0.1) is 35.7 Å². The van der Waals surface area contributed by atoms with Crippen LogP contribution in [-0.2, 0) is 9.53 Å². The molecule has 0 aliphatic heterocycles. The zero-order chi connectivity index (χ0) is 18.3. The van der Waals surface area contributed by atoms with Crippen LogP contribution in [0.3, 0.4) is 0 Å². The molecular formula is C18H31IN4O2S. The van der Waals surface area contributed by atoms with Gasteiger partial charge in [-0.25, -0.2) is 4.99 Å². The molecule has 0 aliphatic carbocycles. The number of rotatable bonds is 11. The standard InChI is InChI=1S/C18H30N4O2S.HI/c1-4-24-13-8-11-19-18(21-15-17(23)22(2)3)20-12-14-25-16-9-6-5-7-10-16;/h5-7,9-10H,4,8,11-15H2,1-3H3,(H2,19,20,21);1H. The number of thioether (sulfide) groups is 1. The molecule has 0 radical (unpaired) electrons. The van der Waals surface area contributed by atoms with Crippen molar-refractivity contribution in [1.82, 2.24) is 15.5 Å². The van der Waals surface area contributed by atoms with E-state index in [1.54, 1.807) is 30.8 Å². The monoisotopic (exact) mass is 494 g/mol. The number of benzene rings is 1. The lowest BCUT2D eigenvalue weighted by molar-refractivity contribution is -0.127. The van der Waals surface area contributed by atoms with Crippen molar-refractivity contribution in [3.63, 3.8) is 0 Å². The van der Waals surface area contributed by atoms with Crippen LogP contribution >= 0.6 is 35.7 Å². The van der Waals surface area contributed by atoms with Crippen LogP contribution in [0.1, 0.15) is 13.3 Å². The van der Waals surface area contributed by atoms with Crippen LogP contribution in [0.15, 0.2) is 40.2 Å². The van der Waals surface area contributed by atoms with Crippen LogP contribution < -0.4 is 10.6 Å². The second-order valence-electron chi connectivity index (χ2n) is 5.52. The maximum atomic E-state index is 11.7. The number of likely N-dealkylation sites (N-methyl/N-ethyl adjacent to an activating group) is 1. The normalized spacial score (nSPS) is 10.8. The van der Waals surface area contributed by atoms with E-state index < -0.39 is 0 Å². The number of aliphatic imine (C=N–C) groups is 1. The van der Waals surface area contributed by atoms with Crippen molar-refractivity contribution in [1.29, 1.82) is 0 Å². The van der Waals surface area contributed by atoms with Gasteiger partial charge >= 0.3 is 0 Å². The summed E-state index contributed by atoms with van der Waals surface area (Å²) in [5.74, 6) is 1.57. The summed E-state index contributed by atoms with van der Waals surface area (Å²) < 4.78 is 5.33. The first-order valence-electron chi connectivity index (χ1n) is 8.61. The van der Waals surface area contributed by atoms with Gasteiger partial charge in [-0.3, -0.25) is 4.79 Å². The van der Waals surface area contributed by atoms with Crippen LogP contribution in [0.5, 0.6) is 0 Å². The minimum Gasteiger partial charge on any atom is -0.382 e. The molecule has 0 aromatic heterocycles. The molecule has 0 aliphatic rings. The Morgan fingerprint density at radius 2 is 1.88 bits per heavy atom. The average molecular weight is 494 g/mol. The first-order valence-corrected chi connectivity index (χ1v) is 9.60. The Labute approximate surface area is 178 Å². The predicted molar refractivity (Wildman–Crippen MR) is 121 cm³/mol. The third-order valence-corrected chi connectivity index (χ3v) is 4.25. The lowest BCUT2D eigenvalue weighted by Crippen LogP contribution is -2.40. The van der Waals surface area contributed by atoms with Crippen molar-refractivity contribution in [3.05, 3.63) is 30.3 Å². The average Bonchev–Trinajstić information content (AvgIpc) is 2.62. The minimum absolute atomic E-state index is 0. The third-order valence-electron chi connectivity index (χ3n) is 3.24. The summed E-state index contributed by atoms with van der Waals surface area (Å²) in [6, 6.07) is 10.3. The summed E-state index contributed by atoms with van der Waals surface area (Å²) in [5.41, 5.74) is 0.